The Bertz CT molecular complexity index is 694. The lowest BCUT2D eigenvalue weighted by atomic mass is 10.1. The summed E-state index contributed by atoms with van der Waals surface area (Å²) in [5, 5.41) is 0. The molecule has 2 aromatic heterocycles. The average Bonchev–Trinajstić information content (AvgIpc) is 2.61. The van der Waals surface area contributed by atoms with E-state index < -0.39 is 0 Å². The van der Waals surface area contributed by atoms with Gasteiger partial charge in [-0.25, -0.2) is 4.98 Å². The molecule has 0 unspecified atom stereocenters. The quantitative estimate of drug-likeness (QED) is 0.705. The highest BCUT2D eigenvalue weighted by molar-refractivity contribution is 5.60. The molecule has 0 bridgehead atoms. The number of aryl methyl sites for hydroxylation is 1. The van der Waals surface area contributed by atoms with Crippen LogP contribution >= 0.6 is 0 Å². The largest absolute Gasteiger partial charge is 0.321 e. The van der Waals surface area contributed by atoms with E-state index in [1.54, 1.807) is 6.20 Å². The summed E-state index contributed by atoms with van der Waals surface area (Å²) in [7, 11) is 0. The van der Waals surface area contributed by atoms with Crippen molar-refractivity contribution < 1.29 is 0 Å². The van der Waals surface area contributed by atoms with Gasteiger partial charge in [0.1, 0.15) is 5.82 Å². The van der Waals surface area contributed by atoms with E-state index in [4.69, 9.17) is 0 Å². The summed E-state index contributed by atoms with van der Waals surface area (Å²) in [5.74, 6) is 0.823. The molecule has 1 radical (unpaired) electrons. The lowest BCUT2D eigenvalue weighted by Gasteiger charge is -2.24. The molecule has 0 aliphatic carbocycles. The van der Waals surface area contributed by atoms with Crippen molar-refractivity contribution in [3.63, 3.8) is 0 Å². The molecule has 2 heterocycles. The Morgan fingerprint density at radius 2 is 1.73 bits per heavy atom. The molecule has 109 valence electrons. The van der Waals surface area contributed by atoms with Crippen LogP contribution in [-0.4, -0.2) is 9.97 Å². The van der Waals surface area contributed by atoms with Gasteiger partial charge in [0.05, 0.1) is 0 Å². The monoisotopic (exact) mass is 288 g/mol. The van der Waals surface area contributed by atoms with Crippen molar-refractivity contribution in [3.05, 3.63) is 84.3 Å². The Morgan fingerprint density at radius 1 is 0.955 bits per heavy atom. The average molecular weight is 288 g/mol. The lowest BCUT2D eigenvalue weighted by molar-refractivity contribution is 0.941. The first kappa shape index (κ1) is 14.3. The number of hydrogen-bond acceptors (Lipinski definition) is 3. The lowest BCUT2D eigenvalue weighted by Crippen LogP contribution is -2.17. The van der Waals surface area contributed by atoms with Gasteiger partial charge in [-0.3, -0.25) is 4.98 Å². The molecule has 0 fully saturated rings. The van der Waals surface area contributed by atoms with E-state index in [0.29, 0.717) is 0 Å². The predicted molar refractivity (Wildman–Crippen MR) is 89.0 cm³/mol. The van der Waals surface area contributed by atoms with Crippen molar-refractivity contribution >= 4 is 11.5 Å². The van der Waals surface area contributed by atoms with Gasteiger partial charge in [-0.15, -0.1) is 0 Å². The van der Waals surface area contributed by atoms with E-state index in [1.165, 1.54) is 11.1 Å². The summed E-state index contributed by atoms with van der Waals surface area (Å²) in [6.07, 6.45) is 6.47. The third-order valence-electron chi connectivity index (χ3n) is 3.59. The molecule has 0 saturated carbocycles. The highest BCUT2D eigenvalue weighted by Crippen LogP contribution is 2.25. The topological polar surface area (TPSA) is 29.0 Å². The maximum absolute atomic E-state index is 4.45. The van der Waals surface area contributed by atoms with Crippen LogP contribution in [0.4, 0.5) is 11.5 Å². The van der Waals surface area contributed by atoms with Gasteiger partial charge in [-0.1, -0.05) is 19.1 Å². The Balaban J connectivity index is 1.95. The number of pyridine rings is 2. The first-order valence-electron chi connectivity index (χ1n) is 7.45. The SMILES string of the molecule is CCc1ccc(N(Cc2ccncc2)c2[c]cccn2)cc1. The van der Waals surface area contributed by atoms with Crippen molar-refractivity contribution in [1.82, 2.24) is 9.97 Å². The van der Waals surface area contributed by atoms with E-state index in [9.17, 15) is 0 Å². The molecule has 0 N–H and O–H groups in total. The van der Waals surface area contributed by atoms with Gasteiger partial charge >= 0.3 is 0 Å². The van der Waals surface area contributed by atoms with Crippen LogP contribution in [0.25, 0.3) is 0 Å². The highest BCUT2D eigenvalue weighted by Gasteiger charge is 2.11. The third kappa shape index (κ3) is 3.31. The molecule has 0 spiro atoms. The second-order valence-electron chi connectivity index (χ2n) is 5.07. The molecule has 3 heteroatoms. The summed E-state index contributed by atoms with van der Waals surface area (Å²) >= 11 is 0. The molecule has 3 rings (SSSR count). The van der Waals surface area contributed by atoms with Gasteiger partial charge in [-0.2, -0.15) is 0 Å². The normalized spacial score (nSPS) is 10.4. The summed E-state index contributed by atoms with van der Waals surface area (Å²) < 4.78 is 0. The molecule has 0 saturated heterocycles. The predicted octanol–water partition coefficient (Wildman–Crippen LogP) is 4.18. The van der Waals surface area contributed by atoms with E-state index >= 15 is 0 Å². The summed E-state index contributed by atoms with van der Waals surface area (Å²) in [6, 6.07) is 19.6. The number of rotatable bonds is 5. The standard InChI is InChI=1S/C19H18N3/c1-2-16-6-8-18(9-7-16)22(19-5-3-4-12-21-19)15-17-10-13-20-14-11-17/h3-4,6-14H,2,15H2,1H3. The van der Waals surface area contributed by atoms with Gasteiger partial charge in [0.2, 0.25) is 0 Å². The fourth-order valence-corrected chi connectivity index (χ4v) is 2.34. The number of hydrogen-bond donors (Lipinski definition) is 0. The molecule has 0 atom stereocenters. The van der Waals surface area contributed by atoms with Crippen LogP contribution in [0.2, 0.25) is 0 Å². The fourth-order valence-electron chi connectivity index (χ4n) is 2.34. The zero-order chi connectivity index (χ0) is 15.2. The van der Waals surface area contributed by atoms with Crippen LogP contribution in [-0.2, 0) is 13.0 Å². The summed E-state index contributed by atoms with van der Waals surface area (Å²) in [4.78, 5) is 10.7. The molecule has 0 aliphatic heterocycles. The molecule has 1 aromatic carbocycles. The highest BCUT2D eigenvalue weighted by atomic mass is 15.2. The van der Waals surface area contributed by atoms with Crippen molar-refractivity contribution in [2.24, 2.45) is 0 Å². The first-order chi connectivity index (χ1) is 10.9. The van der Waals surface area contributed by atoms with Crippen LogP contribution in [0.3, 0.4) is 0 Å². The van der Waals surface area contributed by atoms with E-state index in [1.807, 2.05) is 36.7 Å². The molecule has 0 amide bonds. The van der Waals surface area contributed by atoms with Gasteiger partial charge < -0.3 is 4.90 Å². The van der Waals surface area contributed by atoms with Gasteiger partial charge in [0.15, 0.2) is 0 Å². The molecule has 22 heavy (non-hydrogen) atoms. The van der Waals surface area contributed by atoms with Crippen LogP contribution in [0.5, 0.6) is 0 Å². The molecular weight excluding hydrogens is 270 g/mol. The van der Waals surface area contributed by atoms with Gasteiger partial charge in [-0.05, 0) is 53.9 Å². The Kier molecular flexibility index (Phi) is 4.44. The molecule has 3 nitrogen and oxygen atoms in total. The maximum Gasteiger partial charge on any atom is 0.141 e. The summed E-state index contributed by atoms with van der Waals surface area (Å²) in [5.41, 5.74) is 3.63. The molecule has 0 aliphatic rings. The van der Waals surface area contributed by atoms with E-state index in [0.717, 1.165) is 24.5 Å². The van der Waals surface area contributed by atoms with Crippen molar-refractivity contribution in [3.8, 4) is 0 Å². The third-order valence-corrected chi connectivity index (χ3v) is 3.59. The van der Waals surface area contributed by atoms with Crippen molar-refractivity contribution in [1.29, 1.82) is 0 Å². The fraction of sp³-hybridized carbons (Fsp3) is 0.158. The van der Waals surface area contributed by atoms with E-state index in [2.05, 4.69) is 52.1 Å². The first-order valence-corrected chi connectivity index (χ1v) is 7.45. The number of aromatic nitrogens is 2. The zero-order valence-electron chi connectivity index (χ0n) is 12.6. The molecular formula is C19H18N3. The van der Waals surface area contributed by atoms with Gasteiger partial charge in [0, 0.05) is 36.9 Å². The molecule has 3 aromatic rings. The Labute approximate surface area is 131 Å². The minimum absolute atomic E-state index is 0.738. The van der Waals surface area contributed by atoms with Gasteiger partial charge in [0.25, 0.3) is 0 Å². The second-order valence-corrected chi connectivity index (χ2v) is 5.07. The Morgan fingerprint density at radius 3 is 2.36 bits per heavy atom. The minimum Gasteiger partial charge on any atom is -0.321 e. The number of anilines is 2. The number of nitrogens with zero attached hydrogens (tertiary/aromatic N) is 3. The Hall–Kier alpha value is -2.68. The van der Waals surface area contributed by atoms with Crippen LogP contribution in [0.15, 0.2) is 67.1 Å². The van der Waals surface area contributed by atoms with Crippen molar-refractivity contribution in [2.45, 2.75) is 19.9 Å². The number of benzene rings is 1. The zero-order valence-corrected chi connectivity index (χ0v) is 12.6. The van der Waals surface area contributed by atoms with Crippen LogP contribution in [0.1, 0.15) is 18.1 Å². The minimum atomic E-state index is 0.738. The summed E-state index contributed by atoms with van der Waals surface area (Å²) in [6.45, 7) is 2.90. The smallest absolute Gasteiger partial charge is 0.141 e. The van der Waals surface area contributed by atoms with Crippen molar-refractivity contribution in [2.75, 3.05) is 4.90 Å². The second kappa shape index (κ2) is 6.85. The van der Waals surface area contributed by atoms with E-state index in [-0.39, 0.29) is 0 Å². The van der Waals surface area contributed by atoms with Crippen LogP contribution < -0.4 is 4.90 Å². The van der Waals surface area contributed by atoms with Crippen LogP contribution in [0, 0.1) is 6.07 Å². The maximum atomic E-state index is 4.45.